The molecule has 0 bridgehead atoms. The predicted octanol–water partition coefficient (Wildman–Crippen LogP) is 16.5. The van der Waals surface area contributed by atoms with Gasteiger partial charge in [-0.1, -0.05) is 140 Å². The Bertz CT molecular complexity index is 4540. The molecule has 7 nitrogen and oxygen atoms in total. The SMILES string of the molecule is c1ccc(-c2nc(-c3ccc4c(c3)oc3ccc(-n5c6ccccc6c6ccccc65)cc34)nc(-c3cccc4oc5ccc(-c6ccc7c8ccccc8n(-c8ccccc8)c7c6)cc5c34)n2)cc1. The molecule has 0 spiro atoms. The molecule has 0 aliphatic heterocycles. The van der Waals surface area contributed by atoms with Crippen molar-refractivity contribution in [3.63, 3.8) is 0 Å². The first kappa shape index (κ1) is 38.5. The van der Waals surface area contributed by atoms with Crippen LogP contribution >= 0.6 is 0 Å². The van der Waals surface area contributed by atoms with Crippen LogP contribution in [-0.2, 0) is 0 Å². The number of aromatic nitrogens is 5. The average Bonchev–Trinajstić information content (AvgIpc) is 4.18. The fourth-order valence-electron chi connectivity index (χ4n) is 10.8. The van der Waals surface area contributed by atoms with Gasteiger partial charge in [0.1, 0.15) is 22.3 Å². The van der Waals surface area contributed by atoms with Crippen molar-refractivity contribution >= 4 is 87.5 Å². The Morgan fingerprint density at radius 3 is 1.56 bits per heavy atom. The van der Waals surface area contributed by atoms with Crippen LogP contribution in [0.15, 0.2) is 233 Å². The van der Waals surface area contributed by atoms with Gasteiger partial charge in [-0.05, 0) is 96.1 Å². The van der Waals surface area contributed by atoms with E-state index in [9.17, 15) is 0 Å². The highest BCUT2D eigenvalue weighted by atomic mass is 16.3. The van der Waals surface area contributed by atoms with Crippen molar-refractivity contribution in [2.45, 2.75) is 0 Å². The maximum absolute atomic E-state index is 6.61. The lowest BCUT2D eigenvalue weighted by molar-refractivity contribution is 0.668. The first-order valence-electron chi connectivity index (χ1n) is 23.5. The Kier molecular flexibility index (Phi) is 8.23. The topological polar surface area (TPSA) is 74.8 Å². The molecular weight excluding hydrogens is 859 g/mol. The number of furan rings is 2. The Balaban J connectivity index is 0.870. The zero-order valence-corrected chi connectivity index (χ0v) is 37.4. The summed E-state index contributed by atoms with van der Waals surface area (Å²) in [6.07, 6.45) is 0. The molecule has 10 aromatic carbocycles. The molecule has 15 rings (SSSR count). The second-order valence-corrected chi connectivity index (χ2v) is 17.9. The molecule has 0 radical (unpaired) electrons. The zero-order chi connectivity index (χ0) is 45.9. The van der Waals surface area contributed by atoms with Crippen molar-refractivity contribution in [2.75, 3.05) is 0 Å². The molecule has 0 N–H and O–H groups in total. The Morgan fingerprint density at radius 1 is 0.271 bits per heavy atom. The molecule has 0 unspecified atom stereocenters. The van der Waals surface area contributed by atoms with Crippen LogP contribution in [0.3, 0.4) is 0 Å². The number of fused-ring (bicyclic) bond motifs is 12. The predicted molar refractivity (Wildman–Crippen MR) is 285 cm³/mol. The third-order valence-electron chi connectivity index (χ3n) is 14.0. The summed E-state index contributed by atoms with van der Waals surface area (Å²) < 4.78 is 17.9. The van der Waals surface area contributed by atoms with Crippen LogP contribution in [0, 0.1) is 0 Å². The molecule has 5 aromatic heterocycles. The lowest BCUT2D eigenvalue weighted by atomic mass is 9.99. The van der Waals surface area contributed by atoms with E-state index in [0.29, 0.717) is 17.5 Å². The van der Waals surface area contributed by atoms with E-state index in [4.69, 9.17) is 23.8 Å². The number of hydrogen-bond acceptors (Lipinski definition) is 5. The van der Waals surface area contributed by atoms with Crippen molar-refractivity contribution in [3.05, 3.63) is 224 Å². The third kappa shape index (κ3) is 5.85. The summed E-state index contributed by atoms with van der Waals surface area (Å²) in [6.45, 7) is 0. The summed E-state index contributed by atoms with van der Waals surface area (Å²) in [6, 6.07) is 78.5. The van der Waals surface area contributed by atoms with Gasteiger partial charge in [-0.15, -0.1) is 0 Å². The number of rotatable bonds is 6. The van der Waals surface area contributed by atoms with Gasteiger partial charge in [0.15, 0.2) is 17.5 Å². The molecule has 5 heterocycles. The number of benzene rings is 10. The van der Waals surface area contributed by atoms with Crippen molar-refractivity contribution in [1.82, 2.24) is 24.1 Å². The van der Waals surface area contributed by atoms with Crippen LogP contribution in [-0.4, -0.2) is 24.1 Å². The molecule has 0 saturated carbocycles. The molecule has 0 amide bonds. The summed E-state index contributed by atoms with van der Waals surface area (Å²) in [5.41, 5.74) is 14.8. The van der Waals surface area contributed by atoms with Crippen LogP contribution in [0.5, 0.6) is 0 Å². The monoisotopic (exact) mass is 895 g/mol. The summed E-state index contributed by atoms with van der Waals surface area (Å²) in [5, 5.41) is 8.88. The lowest BCUT2D eigenvalue weighted by Gasteiger charge is -2.10. The summed E-state index contributed by atoms with van der Waals surface area (Å²) in [4.78, 5) is 15.6. The van der Waals surface area contributed by atoms with Gasteiger partial charge in [0.25, 0.3) is 0 Å². The fraction of sp³-hybridized carbons (Fsp3) is 0. The maximum Gasteiger partial charge on any atom is 0.164 e. The van der Waals surface area contributed by atoms with Crippen LogP contribution in [0.2, 0.25) is 0 Å². The molecule has 0 atom stereocenters. The highest BCUT2D eigenvalue weighted by molar-refractivity contribution is 6.15. The van der Waals surface area contributed by atoms with Gasteiger partial charge in [-0.2, -0.15) is 0 Å². The van der Waals surface area contributed by atoms with E-state index in [2.05, 4.69) is 191 Å². The van der Waals surface area contributed by atoms with Gasteiger partial charge >= 0.3 is 0 Å². The van der Waals surface area contributed by atoms with Gasteiger partial charge in [-0.25, -0.2) is 15.0 Å². The van der Waals surface area contributed by atoms with Gasteiger partial charge in [-0.3, -0.25) is 0 Å². The summed E-state index contributed by atoms with van der Waals surface area (Å²) >= 11 is 0. The molecule has 0 aliphatic carbocycles. The second-order valence-electron chi connectivity index (χ2n) is 17.9. The molecular formula is C63H37N5O2. The summed E-state index contributed by atoms with van der Waals surface area (Å²) in [7, 11) is 0. The standard InChI is InChI=1S/C63H37N5O2/c1-3-14-38(15-4-1)61-64-62(41-27-31-48-50-37-43(29-33-56(50)70-59(48)36-41)68-53-23-11-7-18-44(53)45-19-8-12-24-54(45)68)66-63(65-61)49-21-13-25-58-60(49)51-34-39(28-32-57(51)69-58)40-26-30-47-46-20-9-10-22-52(46)67(55(47)35-40)42-16-5-2-6-17-42/h1-37H. The summed E-state index contributed by atoms with van der Waals surface area (Å²) in [5.74, 6) is 1.68. The quantitative estimate of drug-likeness (QED) is 0.166. The minimum Gasteiger partial charge on any atom is -0.456 e. The average molecular weight is 896 g/mol. The molecule has 70 heavy (non-hydrogen) atoms. The van der Waals surface area contributed by atoms with E-state index in [1.54, 1.807) is 0 Å². The largest absolute Gasteiger partial charge is 0.456 e. The van der Waals surface area contributed by atoms with Crippen LogP contribution in [0.1, 0.15) is 0 Å². The van der Waals surface area contributed by atoms with E-state index < -0.39 is 0 Å². The van der Waals surface area contributed by atoms with Crippen molar-refractivity contribution in [2.24, 2.45) is 0 Å². The first-order valence-corrected chi connectivity index (χ1v) is 23.5. The molecule has 326 valence electrons. The number of hydrogen-bond donors (Lipinski definition) is 0. The smallest absolute Gasteiger partial charge is 0.164 e. The van der Waals surface area contributed by atoms with E-state index in [-0.39, 0.29) is 0 Å². The molecule has 0 fully saturated rings. The Hall–Kier alpha value is -9.59. The van der Waals surface area contributed by atoms with E-state index in [1.807, 2.05) is 42.5 Å². The molecule has 0 saturated heterocycles. The highest BCUT2D eigenvalue weighted by Crippen LogP contribution is 2.41. The normalized spacial score (nSPS) is 12.0. The third-order valence-corrected chi connectivity index (χ3v) is 14.0. The number of nitrogens with zero attached hydrogens (tertiary/aromatic N) is 5. The highest BCUT2D eigenvalue weighted by Gasteiger charge is 2.21. The van der Waals surface area contributed by atoms with Gasteiger partial charge in [0.2, 0.25) is 0 Å². The van der Waals surface area contributed by atoms with Gasteiger partial charge in [0, 0.05) is 71.2 Å². The first-order chi connectivity index (χ1) is 34.7. The Labute approximate surface area is 399 Å². The Morgan fingerprint density at radius 2 is 0.814 bits per heavy atom. The fourth-order valence-corrected chi connectivity index (χ4v) is 10.8. The lowest BCUT2D eigenvalue weighted by Crippen LogP contribution is -2.00. The van der Waals surface area contributed by atoms with E-state index in [0.717, 1.165) is 88.6 Å². The van der Waals surface area contributed by atoms with Crippen LogP contribution in [0.25, 0.3) is 144 Å². The molecule has 0 aliphatic rings. The molecule has 15 aromatic rings. The molecule has 7 heteroatoms. The number of para-hydroxylation sites is 4. The zero-order valence-electron chi connectivity index (χ0n) is 37.4. The second kappa shape index (κ2) is 15.0. The van der Waals surface area contributed by atoms with Crippen molar-refractivity contribution in [1.29, 1.82) is 0 Å². The van der Waals surface area contributed by atoms with Crippen LogP contribution < -0.4 is 0 Å². The van der Waals surface area contributed by atoms with Crippen LogP contribution in [0.4, 0.5) is 0 Å². The van der Waals surface area contributed by atoms with Gasteiger partial charge < -0.3 is 18.0 Å². The van der Waals surface area contributed by atoms with Gasteiger partial charge in [0.05, 0.1) is 22.1 Å². The van der Waals surface area contributed by atoms with Crippen molar-refractivity contribution in [3.8, 4) is 56.7 Å². The van der Waals surface area contributed by atoms with Crippen molar-refractivity contribution < 1.29 is 8.83 Å². The van der Waals surface area contributed by atoms with E-state index >= 15 is 0 Å². The maximum atomic E-state index is 6.61. The minimum absolute atomic E-state index is 0.546. The minimum atomic E-state index is 0.546. The van der Waals surface area contributed by atoms with E-state index in [1.165, 1.54) is 38.1 Å².